The summed E-state index contributed by atoms with van der Waals surface area (Å²) in [6.07, 6.45) is 5.96. The van der Waals surface area contributed by atoms with Gasteiger partial charge in [0.2, 0.25) is 0 Å². The molecule has 4 rings (SSSR count). The molecule has 2 aromatic carbocycles. The molecule has 194 valence electrons. The molecule has 5 nitrogen and oxygen atoms in total. The minimum Gasteiger partial charge on any atom is -0.497 e. The zero-order chi connectivity index (χ0) is 26.4. The van der Waals surface area contributed by atoms with Crippen LogP contribution in [0.2, 0.25) is 10.0 Å². The molecule has 0 amide bonds. The van der Waals surface area contributed by atoms with Crippen molar-refractivity contribution in [2.45, 2.75) is 39.0 Å². The number of methoxy groups -OCH3 is 1. The molecule has 1 aliphatic heterocycles. The fourth-order valence-corrected chi connectivity index (χ4v) is 5.96. The lowest BCUT2D eigenvalue weighted by Gasteiger charge is -2.37. The Morgan fingerprint density at radius 3 is 2.81 bits per heavy atom. The van der Waals surface area contributed by atoms with Crippen LogP contribution in [0.5, 0.6) is 5.75 Å². The normalized spacial score (nSPS) is 17.8. The maximum atomic E-state index is 11.6. The molecule has 3 aromatic rings. The predicted octanol–water partition coefficient (Wildman–Crippen LogP) is 6.65. The maximum absolute atomic E-state index is 11.6. The Bertz CT molecular complexity index is 1310. The quantitative estimate of drug-likeness (QED) is 0.325. The third-order valence-corrected chi connectivity index (χ3v) is 7.76. The van der Waals surface area contributed by atoms with E-state index in [1.165, 1.54) is 5.56 Å². The minimum absolute atomic E-state index is 0.114. The van der Waals surface area contributed by atoms with Crippen molar-refractivity contribution < 1.29 is 14.6 Å². The van der Waals surface area contributed by atoms with E-state index in [9.17, 15) is 9.90 Å². The first kappa shape index (κ1) is 27.3. The van der Waals surface area contributed by atoms with E-state index >= 15 is 0 Å². The van der Waals surface area contributed by atoms with E-state index in [0.29, 0.717) is 22.5 Å². The second kappa shape index (κ2) is 12.6. The lowest BCUT2D eigenvalue weighted by atomic mass is 9.80. The zero-order valence-corrected chi connectivity index (χ0v) is 22.8. The van der Waals surface area contributed by atoms with Gasteiger partial charge >= 0.3 is 5.97 Å². The molecule has 1 aliphatic rings. The number of carboxylic acids is 1. The summed E-state index contributed by atoms with van der Waals surface area (Å²) in [6, 6.07) is 11.6. The lowest BCUT2D eigenvalue weighted by Crippen LogP contribution is -2.41. The second-order valence-electron chi connectivity index (χ2n) is 9.77. The van der Waals surface area contributed by atoms with E-state index in [2.05, 4.69) is 27.8 Å². The van der Waals surface area contributed by atoms with E-state index in [-0.39, 0.29) is 12.3 Å². The van der Waals surface area contributed by atoms with Crippen molar-refractivity contribution in [1.29, 1.82) is 0 Å². The number of carboxylic acid groups (broad SMARTS) is 1. The summed E-state index contributed by atoms with van der Waals surface area (Å²) in [5.74, 6) is 7.01. The summed E-state index contributed by atoms with van der Waals surface area (Å²) in [4.78, 5) is 18.4. The van der Waals surface area contributed by atoms with Crippen molar-refractivity contribution in [3.63, 3.8) is 0 Å². The third kappa shape index (κ3) is 7.17. The maximum Gasteiger partial charge on any atom is 0.303 e. The number of likely N-dealkylation sites (tertiary alicyclic amines) is 1. The smallest absolute Gasteiger partial charge is 0.303 e. The fourth-order valence-electron chi connectivity index (χ4n) is 5.32. The number of pyridine rings is 1. The highest BCUT2D eigenvalue weighted by Gasteiger charge is 2.30. The van der Waals surface area contributed by atoms with Gasteiger partial charge in [-0.2, -0.15) is 0 Å². The number of aliphatic carboxylic acids is 1. The molecule has 37 heavy (non-hydrogen) atoms. The Balaban J connectivity index is 1.37. The van der Waals surface area contributed by atoms with Crippen molar-refractivity contribution in [3.05, 3.63) is 69.3 Å². The monoisotopic (exact) mass is 538 g/mol. The summed E-state index contributed by atoms with van der Waals surface area (Å²) in [6.45, 7) is 4.19. The number of ether oxygens (including phenoxy) is 1. The Hall–Kier alpha value is -2.78. The van der Waals surface area contributed by atoms with Gasteiger partial charge in [0, 0.05) is 35.1 Å². The summed E-state index contributed by atoms with van der Waals surface area (Å²) in [5.41, 5.74) is 3.96. The summed E-state index contributed by atoms with van der Waals surface area (Å²) in [7, 11) is 1.67. The molecular formula is C30H32Cl2N2O3. The van der Waals surface area contributed by atoms with Crippen LogP contribution in [0.25, 0.3) is 10.9 Å². The number of aryl methyl sites for hydroxylation is 2. The van der Waals surface area contributed by atoms with Crippen LogP contribution in [0.1, 0.15) is 42.4 Å². The van der Waals surface area contributed by atoms with Crippen LogP contribution in [0.4, 0.5) is 0 Å². The van der Waals surface area contributed by atoms with Gasteiger partial charge in [-0.1, -0.05) is 35.0 Å². The number of piperidine rings is 1. The van der Waals surface area contributed by atoms with Gasteiger partial charge in [0.15, 0.2) is 0 Å². The number of carbonyl (C=O) groups is 1. The van der Waals surface area contributed by atoms with Gasteiger partial charge in [-0.25, -0.2) is 0 Å². The van der Waals surface area contributed by atoms with E-state index in [4.69, 9.17) is 27.9 Å². The number of nitrogens with zero attached hydrogens (tertiary/aromatic N) is 2. The average Bonchev–Trinajstić information content (AvgIpc) is 2.86. The molecule has 0 saturated carbocycles. The van der Waals surface area contributed by atoms with E-state index in [1.807, 2.05) is 37.4 Å². The average molecular weight is 540 g/mol. The largest absolute Gasteiger partial charge is 0.497 e. The van der Waals surface area contributed by atoms with Crippen LogP contribution in [0.3, 0.4) is 0 Å². The molecule has 1 saturated heterocycles. The van der Waals surface area contributed by atoms with Crippen LogP contribution in [-0.4, -0.2) is 47.7 Å². The SMILES string of the molecule is COc1ccc2nccc(CCC[C@@H]3CCN(CC#Cc4c(C)cc(Cl)cc4Cl)C[C@@H]3CC(=O)O)c2c1. The highest BCUT2D eigenvalue weighted by Crippen LogP contribution is 2.32. The molecule has 7 heteroatoms. The second-order valence-corrected chi connectivity index (χ2v) is 10.6. The van der Waals surface area contributed by atoms with E-state index in [1.54, 1.807) is 13.2 Å². The van der Waals surface area contributed by atoms with Gasteiger partial charge in [-0.3, -0.25) is 14.7 Å². The number of rotatable bonds is 8. The number of halogens is 2. The molecule has 1 aromatic heterocycles. The highest BCUT2D eigenvalue weighted by atomic mass is 35.5. The van der Waals surface area contributed by atoms with Gasteiger partial charge in [0.25, 0.3) is 0 Å². The Morgan fingerprint density at radius 1 is 1.22 bits per heavy atom. The van der Waals surface area contributed by atoms with Crippen molar-refractivity contribution in [2.24, 2.45) is 11.8 Å². The molecule has 0 unspecified atom stereocenters. The molecule has 0 bridgehead atoms. The predicted molar refractivity (Wildman–Crippen MR) is 150 cm³/mol. The molecule has 0 radical (unpaired) electrons. The Labute approximate surface area is 228 Å². The van der Waals surface area contributed by atoms with Crippen LogP contribution < -0.4 is 4.74 Å². The number of fused-ring (bicyclic) bond motifs is 1. The van der Waals surface area contributed by atoms with Gasteiger partial charge in [-0.15, -0.1) is 0 Å². The molecule has 1 N–H and O–H groups in total. The van der Waals surface area contributed by atoms with Gasteiger partial charge in [0.1, 0.15) is 5.75 Å². The first-order chi connectivity index (χ1) is 17.8. The fraction of sp³-hybridized carbons (Fsp3) is 0.400. The van der Waals surface area contributed by atoms with Crippen LogP contribution in [0.15, 0.2) is 42.6 Å². The summed E-state index contributed by atoms with van der Waals surface area (Å²) >= 11 is 12.4. The van der Waals surface area contributed by atoms with Crippen molar-refractivity contribution >= 4 is 40.1 Å². The van der Waals surface area contributed by atoms with Gasteiger partial charge < -0.3 is 9.84 Å². The van der Waals surface area contributed by atoms with E-state index in [0.717, 1.165) is 66.6 Å². The lowest BCUT2D eigenvalue weighted by molar-refractivity contribution is -0.139. The minimum atomic E-state index is -0.737. The number of hydrogen-bond donors (Lipinski definition) is 1. The topological polar surface area (TPSA) is 62.7 Å². The number of benzene rings is 2. The highest BCUT2D eigenvalue weighted by molar-refractivity contribution is 6.35. The van der Waals surface area contributed by atoms with Crippen molar-refractivity contribution in [2.75, 3.05) is 26.7 Å². The standard InChI is InChI=1S/C30H32Cl2N2O3/c1-20-15-24(31)17-28(32)26(20)7-4-13-34-14-11-21(23(19-34)16-30(35)36)5-3-6-22-10-12-33-29-9-8-25(37-2)18-27(22)29/h8-10,12,15,17-18,21,23H,3,5-6,11,13-14,16,19H2,1-2H3,(H,35,36)/t21-,23+/m1/s1. The zero-order valence-electron chi connectivity index (χ0n) is 21.3. The summed E-state index contributed by atoms with van der Waals surface area (Å²) in [5, 5.41) is 11.8. The molecule has 0 spiro atoms. The molecule has 0 aliphatic carbocycles. The first-order valence-electron chi connectivity index (χ1n) is 12.6. The van der Waals surface area contributed by atoms with Gasteiger partial charge in [0.05, 0.1) is 24.2 Å². The molecule has 2 atom stereocenters. The van der Waals surface area contributed by atoms with E-state index < -0.39 is 5.97 Å². The van der Waals surface area contributed by atoms with Crippen LogP contribution in [0, 0.1) is 30.6 Å². The van der Waals surface area contributed by atoms with Crippen LogP contribution in [-0.2, 0) is 11.2 Å². The van der Waals surface area contributed by atoms with Crippen molar-refractivity contribution in [1.82, 2.24) is 9.88 Å². The third-order valence-electron chi connectivity index (χ3n) is 7.24. The Morgan fingerprint density at radius 2 is 2.05 bits per heavy atom. The van der Waals surface area contributed by atoms with Crippen molar-refractivity contribution in [3.8, 4) is 17.6 Å². The number of aromatic nitrogens is 1. The molecular weight excluding hydrogens is 507 g/mol. The van der Waals surface area contributed by atoms with Crippen LogP contribution >= 0.6 is 23.2 Å². The molecule has 2 heterocycles. The first-order valence-corrected chi connectivity index (χ1v) is 13.4. The summed E-state index contributed by atoms with van der Waals surface area (Å²) < 4.78 is 5.40. The Kier molecular flexibility index (Phi) is 9.32. The van der Waals surface area contributed by atoms with Gasteiger partial charge in [-0.05, 0) is 98.5 Å². The molecule has 1 fully saturated rings. The number of hydrogen-bond acceptors (Lipinski definition) is 4.